The molecule has 48 heavy (non-hydrogen) atoms. The second-order valence-electron chi connectivity index (χ2n) is 13.2. The van der Waals surface area contributed by atoms with E-state index in [-0.39, 0.29) is 24.4 Å². The Labute approximate surface area is 283 Å². The van der Waals surface area contributed by atoms with Gasteiger partial charge in [-0.25, -0.2) is 0 Å². The highest BCUT2D eigenvalue weighted by atomic mass is 16.6. The van der Waals surface area contributed by atoms with Gasteiger partial charge in [-0.1, -0.05) is 72.8 Å². The lowest BCUT2D eigenvalue weighted by Gasteiger charge is -2.29. The molecule has 4 aliphatic rings. The van der Waals surface area contributed by atoms with Crippen LogP contribution in [-0.4, -0.2) is 71.6 Å². The summed E-state index contributed by atoms with van der Waals surface area (Å²) in [5, 5.41) is 19.2. The molecule has 0 spiro atoms. The summed E-state index contributed by atoms with van der Waals surface area (Å²) in [7, 11) is 0. The van der Waals surface area contributed by atoms with Gasteiger partial charge >= 0.3 is 0 Å². The van der Waals surface area contributed by atoms with Crippen LogP contribution < -0.4 is 18.9 Å². The second kappa shape index (κ2) is 15.4. The minimum atomic E-state index is -0.116. The Hall–Kier alpha value is -4.08. The van der Waals surface area contributed by atoms with Gasteiger partial charge in [0.15, 0.2) is 35.2 Å². The maximum absolute atomic E-state index is 9.59. The molecule has 8 nitrogen and oxygen atoms in total. The molecule has 252 valence electrons. The quantitative estimate of drug-likeness (QED) is 0.251. The number of aliphatic hydroxyl groups excluding tert-OH is 2. The molecule has 4 aromatic carbocycles. The highest BCUT2D eigenvalue weighted by Crippen LogP contribution is 2.37. The van der Waals surface area contributed by atoms with Gasteiger partial charge in [-0.2, -0.15) is 0 Å². The van der Waals surface area contributed by atoms with Crippen molar-refractivity contribution in [1.82, 2.24) is 9.80 Å². The van der Waals surface area contributed by atoms with E-state index in [1.807, 2.05) is 48.5 Å². The minimum absolute atomic E-state index is 0.0564. The summed E-state index contributed by atoms with van der Waals surface area (Å²) in [5.74, 6) is 3.25. The van der Waals surface area contributed by atoms with Gasteiger partial charge < -0.3 is 29.2 Å². The van der Waals surface area contributed by atoms with E-state index < -0.39 is 0 Å². The fourth-order valence-corrected chi connectivity index (χ4v) is 6.71. The normalized spacial score (nSPS) is 21.6. The summed E-state index contributed by atoms with van der Waals surface area (Å²) in [6.07, 6.45) is 3.17. The Bertz CT molecular complexity index is 1480. The average molecular weight is 651 g/mol. The van der Waals surface area contributed by atoms with Crippen LogP contribution in [-0.2, 0) is 13.1 Å². The highest BCUT2D eigenvalue weighted by Gasteiger charge is 2.24. The van der Waals surface area contributed by atoms with Crippen molar-refractivity contribution in [1.29, 1.82) is 0 Å². The molecule has 2 fully saturated rings. The first-order chi connectivity index (χ1) is 23.6. The lowest BCUT2D eigenvalue weighted by atomic mass is 10.0. The largest absolute Gasteiger partial charge is 0.485 e. The smallest absolute Gasteiger partial charge is 0.162 e. The van der Waals surface area contributed by atoms with Crippen LogP contribution in [0.1, 0.15) is 60.1 Å². The number of rotatable bonds is 6. The number of para-hydroxylation sites is 4. The van der Waals surface area contributed by atoms with Gasteiger partial charge in [-0.3, -0.25) is 9.80 Å². The number of ether oxygens (including phenoxy) is 4. The Balaban J connectivity index is 0.000000152. The summed E-state index contributed by atoms with van der Waals surface area (Å²) in [4.78, 5) is 4.80. The predicted octanol–water partition coefficient (Wildman–Crippen LogP) is 6.31. The summed E-state index contributed by atoms with van der Waals surface area (Å²) in [6, 6.07) is 32.8. The van der Waals surface area contributed by atoms with Crippen molar-refractivity contribution in [3.8, 4) is 23.0 Å². The van der Waals surface area contributed by atoms with Gasteiger partial charge in [-0.05, 0) is 72.2 Å². The molecule has 2 N–H and O–H groups in total. The number of likely N-dealkylation sites (tertiary alicyclic amines) is 2. The molecule has 0 bridgehead atoms. The standard InChI is InChI=1S/2C20H23NO3/c2*22-17-9-11-21(12-10-17)13-15-5-7-16(8-6-15)20-14-23-18-3-1-2-4-19(18)24-20/h2*1-8,17,20,22H,9-14H2/t2*20-/m10/s1. The number of aliphatic hydroxyl groups is 2. The summed E-state index contributed by atoms with van der Waals surface area (Å²) >= 11 is 0. The molecule has 2 atom stereocenters. The first-order valence-corrected chi connectivity index (χ1v) is 17.3. The van der Waals surface area contributed by atoms with Crippen LogP contribution >= 0.6 is 0 Å². The molecule has 0 aromatic heterocycles. The van der Waals surface area contributed by atoms with Crippen LogP contribution in [0.2, 0.25) is 0 Å². The van der Waals surface area contributed by atoms with E-state index in [1.165, 1.54) is 11.1 Å². The molecule has 8 heteroatoms. The molecule has 4 aliphatic heterocycles. The Morgan fingerprint density at radius 1 is 0.479 bits per heavy atom. The van der Waals surface area contributed by atoms with Crippen molar-refractivity contribution in [2.24, 2.45) is 0 Å². The maximum atomic E-state index is 9.59. The van der Waals surface area contributed by atoms with Crippen molar-refractivity contribution in [2.75, 3.05) is 39.4 Å². The number of fused-ring (bicyclic) bond motifs is 2. The van der Waals surface area contributed by atoms with Gasteiger partial charge in [0.1, 0.15) is 13.2 Å². The zero-order valence-corrected chi connectivity index (χ0v) is 27.5. The third-order valence-electron chi connectivity index (χ3n) is 9.65. The molecular formula is C40H46N2O6. The fourth-order valence-electron chi connectivity index (χ4n) is 6.71. The number of hydrogen-bond acceptors (Lipinski definition) is 8. The molecule has 0 aliphatic carbocycles. The van der Waals surface area contributed by atoms with Crippen LogP contribution in [0.5, 0.6) is 23.0 Å². The molecule has 0 saturated carbocycles. The zero-order valence-electron chi connectivity index (χ0n) is 27.5. The van der Waals surface area contributed by atoms with Crippen LogP contribution in [0.25, 0.3) is 0 Å². The Morgan fingerprint density at radius 3 is 1.21 bits per heavy atom. The monoisotopic (exact) mass is 650 g/mol. The van der Waals surface area contributed by atoms with Crippen molar-refractivity contribution in [3.05, 3.63) is 119 Å². The summed E-state index contributed by atoms with van der Waals surface area (Å²) in [6.45, 7) is 6.85. The third kappa shape index (κ3) is 8.31. The van der Waals surface area contributed by atoms with E-state index in [1.54, 1.807) is 0 Å². The van der Waals surface area contributed by atoms with Crippen LogP contribution in [0.4, 0.5) is 0 Å². The average Bonchev–Trinajstić information content (AvgIpc) is 3.14. The van der Waals surface area contributed by atoms with Crippen LogP contribution in [0.15, 0.2) is 97.1 Å². The van der Waals surface area contributed by atoms with Gasteiger partial charge in [0, 0.05) is 39.3 Å². The summed E-state index contributed by atoms with van der Waals surface area (Å²) in [5.41, 5.74) is 4.88. The van der Waals surface area contributed by atoms with E-state index in [2.05, 4.69) is 58.3 Å². The Kier molecular flexibility index (Phi) is 10.4. The first-order valence-electron chi connectivity index (χ1n) is 17.3. The number of hydrogen-bond donors (Lipinski definition) is 2. The van der Waals surface area contributed by atoms with Gasteiger partial charge in [0.25, 0.3) is 0 Å². The van der Waals surface area contributed by atoms with E-state index >= 15 is 0 Å². The zero-order chi connectivity index (χ0) is 32.7. The molecule has 8 rings (SSSR count). The minimum Gasteiger partial charge on any atom is -0.485 e. The molecule has 0 unspecified atom stereocenters. The fraction of sp³-hybridized carbons (Fsp3) is 0.400. The lowest BCUT2D eigenvalue weighted by Crippen LogP contribution is -2.35. The van der Waals surface area contributed by atoms with Crippen molar-refractivity contribution in [3.63, 3.8) is 0 Å². The highest BCUT2D eigenvalue weighted by molar-refractivity contribution is 5.42. The van der Waals surface area contributed by atoms with Crippen molar-refractivity contribution in [2.45, 2.75) is 63.2 Å². The molecule has 0 amide bonds. The molecule has 4 heterocycles. The molecule has 2 saturated heterocycles. The van der Waals surface area contributed by atoms with Gasteiger partial charge in [-0.15, -0.1) is 0 Å². The van der Waals surface area contributed by atoms with Crippen LogP contribution in [0, 0.1) is 0 Å². The number of piperidine rings is 2. The topological polar surface area (TPSA) is 83.9 Å². The number of nitrogens with zero attached hydrogens (tertiary/aromatic N) is 2. The van der Waals surface area contributed by atoms with Crippen LogP contribution in [0.3, 0.4) is 0 Å². The predicted molar refractivity (Wildman–Crippen MR) is 185 cm³/mol. The first kappa shape index (κ1) is 32.5. The lowest BCUT2D eigenvalue weighted by molar-refractivity contribution is 0.0789. The van der Waals surface area contributed by atoms with Gasteiger partial charge in [0.2, 0.25) is 0 Å². The molecule has 0 radical (unpaired) electrons. The second-order valence-corrected chi connectivity index (χ2v) is 13.2. The van der Waals surface area contributed by atoms with E-state index in [0.29, 0.717) is 13.2 Å². The summed E-state index contributed by atoms with van der Waals surface area (Å²) < 4.78 is 23.7. The van der Waals surface area contributed by atoms with Gasteiger partial charge in [0.05, 0.1) is 12.2 Å². The SMILES string of the molecule is OC1CCN(Cc2ccc([C@@H]3COc4ccccc4O3)cc2)CC1.OC1CCN(Cc2ccc([C@H]3COc4ccccc4O3)cc2)CC1. The third-order valence-corrected chi connectivity index (χ3v) is 9.65. The van der Waals surface area contributed by atoms with Crippen molar-refractivity contribution < 1.29 is 29.2 Å². The van der Waals surface area contributed by atoms with E-state index in [0.717, 1.165) is 99.1 Å². The molecular weight excluding hydrogens is 604 g/mol. The Morgan fingerprint density at radius 2 is 0.833 bits per heavy atom. The maximum Gasteiger partial charge on any atom is 0.162 e. The van der Waals surface area contributed by atoms with Crippen molar-refractivity contribution >= 4 is 0 Å². The molecule has 4 aromatic rings. The number of benzene rings is 4. The van der Waals surface area contributed by atoms with E-state index in [9.17, 15) is 10.2 Å². The van der Waals surface area contributed by atoms with E-state index in [4.69, 9.17) is 18.9 Å².